The van der Waals surface area contributed by atoms with E-state index in [1.807, 2.05) is 0 Å². The lowest BCUT2D eigenvalue weighted by molar-refractivity contribution is -0.110. The van der Waals surface area contributed by atoms with E-state index in [1.165, 1.54) is 12.1 Å². The molecule has 0 spiro atoms. The third-order valence-electron chi connectivity index (χ3n) is 1.63. The molecule has 0 aliphatic rings. The average Bonchev–Trinajstić information content (AvgIpc) is 2.12. The number of aryl methyl sites for hydroxylation is 1. The molecule has 0 saturated carbocycles. The lowest BCUT2D eigenvalue weighted by Crippen LogP contribution is -2.13. The molecule has 4 nitrogen and oxygen atoms in total. The van der Waals surface area contributed by atoms with Crippen LogP contribution in [0.5, 0.6) is 0 Å². The lowest BCUT2D eigenvalue weighted by Gasteiger charge is -2.05. The molecule has 0 fully saturated rings. The molecular weight excluding hydrogens is 187 g/mol. The molecule has 1 amide bonds. The van der Waals surface area contributed by atoms with Crippen molar-refractivity contribution >= 4 is 17.8 Å². The molecule has 0 aliphatic heterocycles. The summed E-state index contributed by atoms with van der Waals surface area (Å²) in [4.78, 5) is 10.9. The molecule has 0 atom stereocenters. The smallest absolute Gasteiger partial charge is 0.270 e. The van der Waals surface area contributed by atoms with Crippen molar-refractivity contribution in [2.45, 2.75) is 6.92 Å². The number of amides is 1. The number of hydrogen-bond acceptors (Lipinski definition) is 3. The van der Waals surface area contributed by atoms with Crippen LogP contribution in [-0.4, -0.2) is 17.3 Å². The fraction of sp³-hybridized carbons (Fsp3) is 0.111. The molecule has 0 aliphatic carbocycles. The number of carbonyl (C=O) groups excluding carboxylic acids is 1. The van der Waals surface area contributed by atoms with E-state index in [2.05, 4.69) is 10.5 Å². The monoisotopic (exact) mass is 196 g/mol. The Hall–Kier alpha value is -1.91. The van der Waals surface area contributed by atoms with Crippen molar-refractivity contribution in [3.63, 3.8) is 0 Å². The van der Waals surface area contributed by atoms with Crippen molar-refractivity contribution in [2.75, 3.05) is 5.32 Å². The zero-order valence-electron chi connectivity index (χ0n) is 7.49. The first kappa shape index (κ1) is 10.2. The van der Waals surface area contributed by atoms with Gasteiger partial charge in [-0.05, 0) is 24.6 Å². The van der Waals surface area contributed by atoms with E-state index in [4.69, 9.17) is 5.21 Å². The molecule has 0 saturated heterocycles. The van der Waals surface area contributed by atoms with Crippen molar-refractivity contribution in [3.8, 4) is 0 Å². The lowest BCUT2D eigenvalue weighted by atomic mass is 10.2. The number of nitrogens with one attached hydrogen (secondary N) is 1. The van der Waals surface area contributed by atoms with Crippen LogP contribution >= 0.6 is 0 Å². The number of halogens is 1. The van der Waals surface area contributed by atoms with Gasteiger partial charge in [0.25, 0.3) is 5.91 Å². The molecule has 74 valence electrons. The van der Waals surface area contributed by atoms with Crippen LogP contribution in [0.1, 0.15) is 5.56 Å². The minimum absolute atomic E-state index is 0.356. The molecule has 1 rings (SSSR count). The Bertz CT molecular complexity index is 377. The Morgan fingerprint density at radius 3 is 3.00 bits per heavy atom. The van der Waals surface area contributed by atoms with Crippen LogP contribution in [0.4, 0.5) is 10.1 Å². The summed E-state index contributed by atoms with van der Waals surface area (Å²) in [6.07, 6.45) is 0.699. The molecule has 1 aromatic rings. The second-order valence-electron chi connectivity index (χ2n) is 2.69. The molecule has 0 aromatic heterocycles. The molecule has 14 heavy (non-hydrogen) atoms. The van der Waals surface area contributed by atoms with E-state index in [1.54, 1.807) is 13.0 Å². The summed E-state index contributed by atoms with van der Waals surface area (Å²) in [6, 6.07) is 4.03. The standard InChI is InChI=1S/C9H9FN2O2/c1-6-2-3-7(10)4-8(6)12-9(13)5-11-14/h2-5,14H,1H3,(H,12,13)/b11-5-. The van der Waals surface area contributed by atoms with E-state index in [-0.39, 0.29) is 0 Å². The quantitative estimate of drug-likeness (QED) is 0.428. The van der Waals surface area contributed by atoms with Gasteiger partial charge in [-0.2, -0.15) is 0 Å². The molecule has 0 unspecified atom stereocenters. The van der Waals surface area contributed by atoms with Crippen LogP contribution in [0.15, 0.2) is 23.4 Å². The second kappa shape index (κ2) is 4.36. The molecule has 2 N–H and O–H groups in total. The predicted molar refractivity (Wildman–Crippen MR) is 50.0 cm³/mol. The topological polar surface area (TPSA) is 61.7 Å². The van der Waals surface area contributed by atoms with Gasteiger partial charge >= 0.3 is 0 Å². The van der Waals surface area contributed by atoms with Crippen molar-refractivity contribution in [3.05, 3.63) is 29.6 Å². The predicted octanol–water partition coefficient (Wildman–Crippen LogP) is 1.53. The van der Waals surface area contributed by atoms with Gasteiger partial charge in [-0.15, -0.1) is 0 Å². The number of hydrogen-bond donors (Lipinski definition) is 2. The van der Waals surface area contributed by atoms with Gasteiger partial charge in [-0.3, -0.25) is 4.79 Å². The van der Waals surface area contributed by atoms with Crippen molar-refractivity contribution < 1.29 is 14.4 Å². The molecule has 5 heteroatoms. The van der Waals surface area contributed by atoms with E-state index in [9.17, 15) is 9.18 Å². The first-order valence-corrected chi connectivity index (χ1v) is 3.88. The van der Waals surface area contributed by atoms with Crippen molar-refractivity contribution in [1.29, 1.82) is 0 Å². The third kappa shape index (κ3) is 2.55. The minimum Gasteiger partial charge on any atom is -0.411 e. The normalized spacial score (nSPS) is 10.4. The first-order valence-electron chi connectivity index (χ1n) is 3.88. The molecule has 1 aromatic carbocycles. The highest BCUT2D eigenvalue weighted by molar-refractivity contribution is 6.31. The molecule has 0 bridgehead atoms. The van der Waals surface area contributed by atoms with Crippen molar-refractivity contribution in [1.82, 2.24) is 0 Å². The molecule has 0 radical (unpaired) electrons. The molecular formula is C9H9FN2O2. The fourth-order valence-corrected chi connectivity index (χ4v) is 0.946. The largest absolute Gasteiger partial charge is 0.411 e. The Morgan fingerprint density at radius 2 is 2.36 bits per heavy atom. The van der Waals surface area contributed by atoms with Crippen LogP contribution in [0.3, 0.4) is 0 Å². The van der Waals surface area contributed by atoms with Crippen LogP contribution < -0.4 is 5.32 Å². The van der Waals surface area contributed by atoms with Crippen LogP contribution in [0.25, 0.3) is 0 Å². The van der Waals surface area contributed by atoms with Gasteiger partial charge in [0.1, 0.15) is 12.0 Å². The summed E-state index contributed by atoms with van der Waals surface area (Å²) in [5, 5.41) is 13.0. The van der Waals surface area contributed by atoms with Gasteiger partial charge in [0.15, 0.2) is 0 Å². The van der Waals surface area contributed by atoms with Gasteiger partial charge in [-0.1, -0.05) is 11.2 Å². The minimum atomic E-state index is -0.610. The zero-order valence-corrected chi connectivity index (χ0v) is 7.49. The second-order valence-corrected chi connectivity index (χ2v) is 2.69. The number of nitrogens with zero attached hydrogens (tertiary/aromatic N) is 1. The summed E-state index contributed by atoms with van der Waals surface area (Å²) < 4.78 is 12.7. The van der Waals surface area contributed by atoms with Crippen LogP contribution in [0, 0.1) is 12.7 Å². The summed E-state index contributed by atoms with van der Waals surface area (Å²) in [6.45, 7) is 1.73. The van der Waals surface area contributed by atoms with E-state index in [0.717, 1.165) is 5.56 Å². The zero-order chi connectivity index (χ0) is 10.6. The summed E-state index contributed by atoms with van der Waals surface area (Å²) in [5.41, 5.74) is 1.08. The SMILES string of the molecule is Cc1ccc(F)cc1NC(=O)/C=N\O. The third-order valence-corrected chi connectivity index (χ3v) is 1.63. The highest BCUT2D eigenvalue weighted by Crippen LogP contribution is 2.15. The van der Waals surface area contributed by atoms with Gasteiger partial charge in [0.05, 0.1) is 0 Å². The maximum Gasteiger partial charge on any atom is 0.270 e. The van der Waals surface area contributed by atoms with Gasteiger partial charge in [-0.25, -0.2) is 4.39 Å². The Morgan fingerprint density at radius 1 is 1.64 bits per heavy atom. The van der Waals surface area contributed by atoms with Crippen molar-refractivity contribution in [2.24, 2.45) is 5.16 Å². The maximum atomic E-state index is 12.7. The Balaban J connectivity index is 2.85. The summed E-state index contributed by atoms with van der Waals surface area (Å²) in [7, 11) is 0. The number of anilines is 1. The summed E-state index contributed by atoms with van der Waals surface area (Å²) >= 11 is 0. The van der Waals surface area contributed by atoms with E-state index in [0.29, 0.717) is 11.9 Å². The first-order chi connectivity index (χ1) is 6.63. The van der Waals surface area contributed by atoms with E-state index < -0.39 is 11.7 Å². The van der Waals surface area contributed by atoms with Gasteiger partial charge in [0.2, 0.25) is 0 Å². The highest BCUT2D eigenvalue weighted by Gasteiger charge is 2.03. The Kier molecular flexibility index (Phi) is 3.17. The average molecular weight is 196 g/mol. The van der Waals surface area contributed by atoms with Gasteiger partial charge in [0, 0.05) is 5.69 Å². The maximum absolute atomic E-state index is 12.7. The number of benzene rings is 1. The van der Waals surface area contributed by atoms with Crippen LogP contribution in [0.2, 0.25) is 0 Å². The molecule has 0 heterocycles. The fourth-order valence-electron chi connectivity index (χ4n) is 0.946. The summed E-state index contributed by atoms with van der Waals surface area (Å²) in [5.74, 6) is -1.05. The van der Waals surface area contributed by atoms with Gasteiger partial charge < -0.3 is 10.5 Å². The highest BCUT2D eigenvalue weighted by atomic mass is 19.1. The Labute approximate surface area is 80.0 Å². The number of carbonyl (C=O) groups is 1. The van der Waals surface area contributed by atoms with Crippen LogP contribution in [-0.2, 0) is 4.79 Å². The number of oxime groups is 1. The number of rotatable bonds is 2. The van der Waals surface area contributed by atoms with E-state index >= 15 is 0 Å².